The van der Waals surface area contributed by atoms with Crippen molar-refractivity contribution in [2.24, 2.45) is 7.05 Å². The van der Waals surface area contributed by atoms with Crippen LogP contribution in [-0.4, -0.2) is 26.7 Å². The van der Waals surface area contributed by atoms with Crippen LogP contribution in [0.15, 0.2) is 57.7 Å². The molecule has 128 valence electrons. The SMILES string of the molecule is C[C@H](c1ccon1)N(C)Cc1ccc(-c2nc3ccccc3n2C)o1. The zero-order valence-corrected chi connectivity index (χ0v) is 14.5. The van der Waals surface area contributed by atoms with Crippen LogP contribution in [0, 0.1) is 0 Å². The molecule has 1 aromatic carbocycles. The molecule has 0 N–H and O–H groups in total. The molecular weight excluding hydrogens is 316 g/mol. The van der Waals surface area contributed by atoms with Gasteiger partial charge in [-0.15, -0.1) is 0 Å². The number of aromatic nitrogens is 3. The molecule has 0 aliphatic heterocycles. The van der Waals surface area contributed by atoms with Gasteiger partial charge in [-0.05, 0) is 38.2 Å². The number of hydrogen-bond acceptors (Lipinski definition) is 5. The average molecular weight is 336 g/mol. The van der Waals surface area contributed by atoms with Gasteiger partial charge in [0, 0.05) is 13.1 Å². The Bertz CT molecular complexity index is 984. The van der Waals surface area contributed by atoms with Crippen LogP contribution in [0.1, 0.15) is 24.4 Å². The van der Waals surface area contributed by atoms with E-state index in [9.17, 15) is 0 Å². The fraction of sp³-hybridized carbons (Fsp3) is 0.263. The normalized spacial score (nSPS) is 13.0. The minimum atomic E-state index is 0.142. The van der Waals surface area contributed by atoms with Crippen LogP contribution in [0.5, 0.6) is 0 Å². The third-order valence-electron chi connectivity index (χ3n) is 4.62. The smallest absolute Gasteiger partial charge is 0.176 e. The summed E-state index contributed by atoms with van der Waals surface area (Å²) in [5.41, 5.74) is 2.96. The molecule has 4 aromatic rings. The maximum Gasteiger partial charge on any atom is 0.176 e. The fourth-order valence-electron chi connectivity index (χ4n) is 2.99. The Kier molecular flexibility index (Phi) is 3.89. The van der Waals surface area contributed by atoms with Gasteiger partial charge >= 0.3 is 0 Å². The van der Waals surface area contributed by atoms with Crippen molar-refractivity contribution in [3.63, 3.8) is 0 Å². The number of imidazole rings is 1. The van der Waals surface area contributed by atoms with E-state index in [4.69, 9.17) is 8.94 Å². The highest BCUT2D eigenvalue weighted by Crippen LogP contribution is 2.27. The highest BCUT2D eigenvalue weighted by Gasteiger charge is 2.18. The fourth-order valence-corrected chi connectivity index (χ4v) is 2.99. The van der Waals surface area contributed by atoms with Crippen molar-refractivity contribution in [1.29, 1.82) is 0 Å². The predicted octanol–water partition coefficient (Wildman–Crippen LogP) is 4.01. The van der Waals surface area contributed by atoms with E-state index >= 15 is 0 Å². The van der Waals surface area contributed by atoms with Gasteiger partial charge in [0.1, 0.15) is 17.7 Å². The second-order valence-electron chi connectivity index (χ2n) is 6.26. The third-order valence-corrected chi connectivity index (χ3v) is 4.62. The first-order valence-electron chi connectivity index (χ1n) is 8.24. The second kappa shape index (κ2) is 6.22. The summed E-state index contributed by atoms with van der Waals surface area (Å²) in [6, 6.07) is 14.1. The van der Waals surface area contributed by atoms with Crippen LogP contribution in [-0.2, 0) is 13.6 Å². The Labute approximate surface area is 145 Å². The largest absolute Gasteiger partial charge is 0.456 e. The molecule has 4 rings (SSSR count). The Morgan fingerprint density at radius 2 is 2.00 bits per heavy atom. The van der Waals surface area contributed by atoms with Gasteiger partial charge in [0.15, 0.2) is 11.6 Å². The molecule has 0 fully saturated rings. The first-order chi connectivity index (χ1) is 12.1. The lowest BCUT2D eigenvalue weighted by atomic mass is 10.2. The van der Waals surface area contributed by atoms with E-state index in [-0.39, 0.29) is 6.04 Å². The van der Waals surface area contributed by atoms with Gasteiger partial charge < -0.3 is 13.5 Å². The zero-order valence-electron chi connectivity index (χ0n) is 14.5. The number of para-hydroxylation sites is 2. The van der Waals surface area contributed by atoms with Crippen LogP contribution in [0.2, 0.25) is 0 Å². The minimum Gasteiger partial charge on any atom is -0.456 e. The molecule has 3 aromatic heterocycles. The van der Waals surface area contributed by atoms with Crippen molar-refractivity contribution in [2.45, 2.75) is 19.5 Å². The minimum absolute atomic E-state index is 0.142. The predicted molar refractivity (Wildman–Crippen MR) is 94.8 cm³/mol. The summed E-state index contributed by atoms with van der Waals surface area (Å²) in [6.45, 7) is 2.77. The van der Waals surface area contributed by atoms with Crippen molar-refractivity contribution in [1.82, 2.24) is 19.6 Å². The lowest BCUT2D eigenvalue weighted by Crippen LogP contribution is -2.21. The van der Waals surface area contributed by atoms with Gasteiger partial charge in [0.05, 0.1) is 23.6 Å². The van der Waals surface area contributed by atoms with Crippen LogP contribution in [0.3, 0.4) is 0 Å². The van der Waals surface area contributed by atoms with Crippen LogP contribution >= 0.6 is 0 Å². The Balaban J connectivity index is 1.56. The van der Waals surface area contributed by atoms with Gasteiger partial charge in [0.25, 0.3) is 0 Å². The molecule has 0 radical (unpaired) electrons. The number of benzene rings is 1. The summed E-state index contributed by atoms with van der Waals surface area (Å²) >= 11 is 0. The van der Waals surface area contributed by atoms with Gasteiger partial charge in [-0.25, -0.2) is 4.98 Å². The summed E-state index contributed by atoms with van der Waals surface area (Å²) in [7, 11) is 4.04. The molecule has 0 amide bonds. The molecule has 0 bridgehead atoms. The van der Waals surface area contributed by atoms with E-state index in [2.05, 4.69) is 32.6 Å². The Morgan fingerprint density at radius 3 is 2.76 bits per heavy atom. The van der Waals surface area contributed by atoms with E-state index in [1.165, 1.54) is 0 Å². The summed E-state index contributed by atoms with van der Waals surface area (Å²) in [5.74, 6) is 2.50. The molecule has 0 unspecified atom stereocenters. The number of rotatable bonds is 5. The van der Waals surface area contributed by atoms with E-state index in [1.807, 2.05) is 50.5 Å². The Hall–Kier alpha value is -2.86. The van der Waals surface area contributed by atoms with Gasteiger partial charge in [-0.2, -0.15) is 0 Å². The second-order valence-corrected chi connectivity index (χ2v) is 6.26. The van der Waals surface area contributed by atoms with Crippen molar-refractivity contribution in [3.05, 3.63) is 60.2 Å². The van der Waals surface area contributed by atoms with Crippen LogP contribution in [0.25, 0.3) is 22.6 Å². The topological polar surface area (TPSA) is 60.2 Å². The van der Waals surface area contributed by atoms with Crippen molar-refractivity contribution >= 4 is 11.0 Å². The van der Waals surface area contributed by atoms with E-state index in [0.29, 0.717) is 6.54 Å². The summed E-state index contributed by atoms with van der Waals surface area (Å²) in [5, 5.41) is 4.01. The third kappa shape index (κ3) is 2.85. The molecular formula is C19H20N4O2. The van der Waals surface area contributed by atoms with Gasteiger partial charge in [-0.3, -0.25) is 4.90 Å². The highest BCUT2D eigenvalue weighted by atomic mass is 16.5. The molecule has 6 nitrogen and oxygen atoms in total. The maximum absolute atomic E-state index is 6.05. The van der Waals surface area contributed by atoms with Crippen LogP contribution in [0.4, 0.5) is 0 Å². The monoisotopic (exact) mass is 336 g/mol. The first-order valence-corrected chi connectivity index (χ1v) is 8.24. The molecule has 1 atom stereocenters. The summed E-state index contributed by atoms with van der Waals surface area (Å²) in [4.78, 5) is 6.85. The highest BCUT2D eigenvalue weighted by molar-refractivity contribution is 5.79. The average Bonchev–Trinajstić information content (AvgIpc) is 3.35. The van der Waals surface area contributed by atoms with Crippen molar-refractivity contribution in [3.8, 4) is 11.6 Å². The summed E-state index contributed by atoms with van der Waals surface area (Å²) < 4.78 is 13.0. The molecule has 3 heterocycles. The molecule has 0 saturated carbocycles. The standard InChI is InChI=1S/C19H20N4O2/c1-13(15-10-11-24-21-15)22(2)12-14-8-9-18(25-14)19-20-16-6-4-5-7-17(16)23(19)3/h4-11,13H,12H2,1-3H3/t13-/m1/s1. The number of nitrogens with zero attached hydrogens (tertiary/aromatic N) is 4. The first kappa shape index (κ1) is 15.7. The van der Waals surface area contributed by atoms with Crippen LogP contribution < -0.4 is 0 Å². The zero-order chi connectivity index (χ0) is 17.4. The molecule has 6 heteroatoms. The number of fused-ring (bicyclic) bond motifs is 1. The van der Waals surface area contributed by atoms with Crippen molar-refractivity contribution < 1.29 is 8.94 Å². The summed E-state index contributed by atoms with van der Waals surface area (Å²) in [6.07, 6.45) is 1.59. The number of furan rings is 1. The van der Waals surface area contributed by atoms with E-state index in [0.717, 1.165) is 34.1 Å². The van der Waals surface area contributed by atoms with Crippen molar-refractivity contribution in [2.75, 3.05) is 7.05 Å². The van der Waals surface area contributed by atoms with E-state index in [1.54, 1.807) is 6.26 Å². The molecule has 0 aliphatic carbocycles. The number of aryl methyl sites for hydroxylation is 1. The lowest BCUT2D eigenvalue weighted by molar-refractivity contribution is 0.223. The molecule has 0 spiro atoms. The molecule has 25 heavy (non-hydrogen) atoms. The number of hydrogen-bond donors (Lipinski definition) is 0. The molecule has 0 aliphatic rings. The Morgan fingerprint density at radius 1 is 1.16 bits per heavy atom. The lowest BCUT2D eigenvalue weighted by Gasteiger charge is -2.21. The quantitative estimate of drug-likeness (QED) is 0.551. The van der Waals surface area contributed by atoms with E-state index < -0.39 is 0 Å². The van der Waals surface area contributed by atoms with Gasteiger partial charge in [0.2, 0.25) is 0 Å². The van der Waals surface area contributed by atoms with Gasteiger partial charge in [-0.1, -0.05) is 17.3 Å². The maximum atomic E-state index is 6.05. The molecule has 0 saturated heterocycles.